The van der Waals surface area contributed by atoms with Gasteiger partial charge in [-0.1, -0.05) is 60.7 Å². The molecule has 0 amide bonds. The number of rotatable bonds is 2. The van der Waals surface area contributed by atoms with Gasteiger partial charge in [-0.3, -0.25) is 0 Å². The molecule has 0 spiro atoms. The Labute approximate surface area is 124 Å². The zero-order chi connectivity index (χ0) is 14.1. The van der Waals surface area contributed by atoms with Crippen LogP contribution in [0, 0.1) is 0 Å². The van der Waals surface area contributed by atoms with Crippen LogP contribution in [-0.2, 0) is 6.42 Å². The normalized spacial score (nSPS) is 12.8. The number of ether oxygens (including phenoxy) is 1. The summed E-state index contributed by atoms with van der Waals surface area (Å²) in [4.78, 5) is 4.78. The topological polar surface area (TPSA) is 22.1 Å². The summed E-state index contributed by atoms with van der Waals surface area (Å²) >= 11 is 0. The highest BCUT2D eigenvalue weighted by Crippen LogP contribution is 2.36. The fourth-order valence-electron chi connectivity index (χ4n) is 2.75. The van der Waals surface area contributed by atoms with Crippen molar-refractivity contribution in [2.75, 3.05) is 6.61 Å². The number of hydrogen-bond acceptors (Lipinski definition) is 2. The maximum absolute atomic E-state index is 5.64. The van der Waals surface area contributed by atoms with Crippen molar-refractivity contribution in [3.8, 4) is 28.3 Å². The Bertz CT molecular complexity index is 700. The minimum atomic E-state index is 0.731. The molecule has 0 bridgehead atoms. The zero-order valence-electron chi connectivity index (χ0n) is 11.6. The van der Waals surface area contributed by atoms with Crippen molar-refractivity contribution >= 4 is 0 Å². The van der Waals surface area contributed by atoms with E-state index in [1.807, 2.05) is 24.3 Å². The monoisotopic (exact) mass is 273 g/mol. The van der Waals surface area contributed by atoms with Crippen LogP contribution in [-0.4, -0.2) is 11.6 Å². The van der Waals surface area contributed by atoms with Gasteiger partial charge in [0.15, 0.2) is 0 Å². The number of pyridine rings is 1. The first-order valence-corrected chi connectivity index (χ1v) is 7.19. The van der Waals surface area contributed by atoms with E-state index in [9.17, 15) is 0 Å². The van der Waals surface area contributed by atoms with Crippen LogP contribution in [0.25, 0.3) is 22.4 Å². The number of hydrogen-bond donors (Lipinski definition) is 0. The summed E-state index contributed by atoms with van der Waals surface area (Å²) < 4.78 is 5.64. The van der Waals surface area contributed by atoms with Gasteiger partial charge >= 0.3 is 0 Å². The van der Waals surface area contributed by atoms with E-state index < -0.39 is 0 Å². The van der Waals surface area contributed by atoms with Gasteiger partial charge in [0.1, 0.15) is 0 Å². The Kier molecular flexibility index (Phi) is 2.93. The van der Waals surface area contributed by atoms with Crippen molar-refractivity contribution in [2.24, 2.45) is 0 Å². The molecule has 0 fully saturated rings. The van der Waals surface area contributed by atoms with Crippen molar-refractivity contribution in [3.63, 3.8) is 0 Å². The van der Waals surface area contributed by atoms with E-state index in [1.165, 1.54) is 16.7 Å². The van der Waals surface area contributed by atoms with Crippen molar-refractivity contribution in [2.45, 2.75) is 6.42 Å². The Balaban J connectivity index is 1.96. The molecule has 3 aromatic rings. The summed E-state index contributed by atoms with van der Waals surface area (Å²) in [6.07, 6.45) is 0.942. The summed E-state index contributed by atoms with van der Waals surface area (Å²) in [5.74, 6) is 0.786. The minimum absolute atomic E-state index is 0.731. The first kappa shape index (κ1) is 12.2. The standard InChI is InChI=1S/C19H15NO/c1-3-7-14(8-4-1)17-13-16-11-12-21-19(16)20-18(17)15-9-5-2-6-10-15/h1-10,13H,11-12H2. The molecule has 0 aliphatic carbocycles. The van der Waals surface area contributed by atoms with Crippen LogP contribution >= 0.6 is 0 Å². The molecule has 0 saturated heterocycles. The van der Waals surface area contributed by atoms with Gasteiger partial charge in [-0.25, -0.2) is 4.98 Å². The Morgan fingerprint density at radius 3 is 2.19 bits per heavy atom. The van der Waals surface area contributed by atoms with E-state index >= 15 is 0 Å². The average molecular weight is 273 g/mol. The Hall–Kier alpha value is -2.61. The third-order valence-electron chi connectivity index (χ3n) is 3.80. The molecule has 21 heavy (non-hydrogen) atoms. The Morgan fingerprint density at radius 1 is 0.810 bits per heavy atom. The molecule has 4 rings (SSSR count). The molecule has 0 atom stereocenters. The van der Waals surface area contributed by atoms with Crippen LogP contribution in [0.4, 0.5) is 0 Å². The van der Waals surface area contributed by atoms with Gasteiger partial charge < -0.3 is 4.74 Å². The maximum atomic E-state index is 5.64. The highest BCUT2D eigenvalue weighted by molar-refractivity contribution is 5.81. The number of benzene rings is 2. The Morgan fingerprint density at radius 2 is 1.48 bits per heavy atom. The van der Waals surface area contributed by atoms with Crippen molar-refractivity contribution < 1.29 is 4.74 Å². The lowest BCUT2D eigenvalue weighted by Gasteiger charge is -2.11. The quantitative estimate of drug-likeness (QED) is 0.692. The van der Waals surface area contributed by atoms with Crippen LogP contribution in [0.1, 0.15) is 5.56 Å². The third kappa shape index (κ3) is 2.19. The summed E-state index contributed by atoms with van der Waals surface area (Å²) in [5, 5.41) is 0. The lowest BCUT2D eigenvalue weighted by Crippen LogP contribution is -1.93. The second-order valence-corrected chi connectivity index (χ2v) is 5.18. The van der Waals surface area contributed by atoms with E-state index in [0.29, 0.717) is 0 Å². The smallest absolute Gasteiger partial charge is 0.217 e. The van der Waals surface area contributed by atoms with Crippen LogP contribution in [0.15, 0.2) is 66.7 Å². The van der Waals surface area contributed by atoms with E-state index in [1.54, 1.807) is 0 Å². The number of aromatic nitrogens is 1. The average Bonchev–Trinajstić information content (AvgIpc) is 3.03. The molecule has 1 aliphatic rings. The summed E-state index contributed by atoms with van der Waals surface area (Å²) in [6, 6.07) is 22.9. The maximum Gasteiger partial charge on any atom is 0.217 e. The molecule has 2 nitrogen and oxygen atoms in total. The van der Waals surface area contributed by atoms with Crippen LogP contribution < -0.4 is 4.74 Å². The van der Waals surface area contributed by atoms with Crippen LogP contribution in [0.3, 0.4) is 0 Å². The van der Waals surface area contributed by atoms with E-state index in [0.717, 1.165) is 30.2 Å². The molecule has 2 heterocycles. The molecule has 0 radical (unpaired) electrons. The predicted molar refractivity (Wildman–Crippen MR) is 84.3 cm³/mol. The number of fused-ring (bicyclic) bond motifs is 1. The zero-order valence-corrected chi connectivity index (χ0v) is 11.6. The van der Waals surface area contributed by atoms with Crippen molar-refractivity contribution in [3.05, 3.63) is 72.3 Å². The second-order valence-electron chi connectivity index (χ2n) is 5.18. The highest BCUT2D eigenvalue weighted by atomic mass is 16.5. The summed E-state index contributed by atoms with van der Waals surface area (Å²) in [5.41, 5.74) is 5.68. The fourth-order valence-corrected chi connectivity index (χ4v) is 2.75. The SMILES string of the molecule is c1ccc(-c2cc3c(nc2-c2ccccc2)OCC3)cc1. The lowest BCUT2D eigenvalue weighted by atomic mass is 9.97. The largest absolute Gasteiger partial charge is 0.477 e. The van der Waals surface area contributed by atoms with E-state index in [4.69, 9.17) is 9.72 Å². The van der Waals surface area contributed by atoms with Gasteiger partial charge in [0.05, 0.1) is 12.3 Å². The molecule has 0 N–H and O–H groups in total. The molecule has 102 valence electrons. The van der Waals surface area contributed by atoms with E-state index in [-0.39, 0.29) is 0 Å². The number of nitrogens with zero attached hydrogens (tertiary/aromatic N) is 1. The molecule has 0 saturated carbocycles. The van der Waals surface area contributed by atoms with Gasteiger partial charge in [0.2, 0.25) is 5.88 Å². The van der Waals surface area contributed by atoms with Gasteiger partial charge in [-0.05, 0) is 11.6 Å². The van der Waals surface area contributed by atoms with Crippen molar-refractivity contribution in [1.29, 1.82) is 0 Å². The van der Waals surface area contributed by atoms with Gasteiger partial charge in [-0.15, -0.1) is 0 Å². The molecular weight excluding hydrogens is 258 g/mol. The van der Waals surface area contributed by atoms with Crippen LogP contribution in [0.5, 0.6) is 5.88 Å². The molecule has 2 heteroatoms. The fraction of sp³-hybridized carbons (Fsp3) is 0.105. The van der Waals surface area contributed by atoms with Gasteiger partial charge in [0.25, 0.3) is 0 Å². The predicted octanol–water partition coefficient (Wildman–Crippen LogP) is 4.35. The second kappa shape index (κ2) is 5.06. The minimum Gasteiger partial charge on any atom is -0.477 e. The van der Waals surface area contributed by atoms with Crippen molar-refractivity contribution in [1.82, 2.24) is 4.98 Å². The molecule has 1 aromatic heterocycles. The first-order valence-electron chi connectivity index (χ1n) is 7.19. The van der Waals surface area contributed by atoms with Gasteiger partial charge in [0, 0.05) is 23.1 Å². The first-order chi connectivity index (χ1) is 10.4. The molecular formula is C19H15NO. The molecule has 0 unspecified atom stereocenters. The highest BCUT2D eigenvalue weighted by Gasteiger charge is 2.19. The third-order valence-corrected chi connectivity index (χ3v) is 3.80. The van der Waals surface area contributed by atoms with Gasteiger partial charge in [-0.2, -0.15) is 0 Å². The summed E-state index contributed by atoms with van der Waals surface area (Å²) in [6.45, 7) is 0.731. The van der Waals surface area contributed by atoms with Crippen LogP contribution in [0.2, 0.25) is 0 Å². The summed E-state index contributed by atoms with van der Waals surface area (Å²) in [7, 11) is 0. The molecule has 2 aromatic carbocycles. The lowest BCUT2D eigenvalue weighted by molar-refractivity contribution is 0.345. The molecule has 1 aliphatic heterocycles. The van der Waals surface area contributed by atoms with E-state index in [2.05, 4.69) is 42.5 Å².